The number of hydrogen-bond acceptors (Lipinski definition) is 4. The summed E-state index contributed by atoms with van der Waals surface area (Å²) < 4.78 is 13.2. The third kappa shape index (κ3) is 6.49. The maximum absolute atomic E-state index is 12.4. The van der Waals surface area contributed by atoms with Gasteiger partial charge in [-0.1, -0.05) is 133 Å². The van der Waals surface area contributed by atoms with Gasteiger partial charge in [0.05, 0.1) is 13.2 Å². The van der Waals surface area contributed by atoms with Gasteiger partial charge in [-0.2, -0.15) is 0 Å². The van der Waals surface area contributed by atoms with Crippen molar-refractivity contribution in [2.75, 3.05) is 0 Å². The van der Waals surface area contributed by atoms with E-state index in [1.54, 1.807) is 31.2 Å². The SMILES string of the molecule is C=C[C@](O)(c1ccc(Cl)cc1)[C@H](OCc1ccccc1)[C@@H](OCc1ccccc1)[C@@](C)(O)c1ccc2ccccc2c1. The molecule has 4 atom stereocenters. The highest BCUT2D eigenvalue weighted by Gasteiger charge is 2.50. The Morgan fingerprint density at radius 1 is 0.667 bits per heavy atom. The number of benzene rings is 5. The van der Waals surface area contributed by atoms with E-state index in [1.165, 1.54) is 6.08 Å². The molecule has 0 amide bonds. The zero-order chi connectivity index (χ0) is 29.6. The van der Waals surface area contributed by atoms with Gasteiger partial charge in [0, 0.05) is 5.02 Å². The van der Waals surface area contributed by atoms with Crippen LogP contribution in [-0.2, 0) is 33.9 Å². The minimum Gasteiger partial charge on any atom is -0.383 e. The second kappa shape index (κ2) is 13.0. The van der Waals surface area contributed by atoms with Gasteiger partial charge in [-0.3, -0.25) is 0 Å². The average molecular weight is 579 g/mol. The molecular formula is C37H35ClO4. The number of rotatable bonds is 12. The Bertz CT molecular complexity index is 1600. The molecule has 0 radical (unpaired) electrons. The lowest BCUT2D eigenvalue weighted by Crippen LogP contribution is -2.56. The summed E-state index contributed by atoms with van der Waals surface area (Å²) in [5, 5.41) is 27.4. The average Bonchev–Trinajstić information content (AvgIpc) is 3.03. The quantitative estimate of drug-likeness (QED) is 0.148. The zero-order valence-corrected chi connectivity index (χ0v) is 24.3. The minimum atomic E-state index is -1.75. The van der Waals surface area contributed by atoms with E-state index in [4.69, 9.17) is 21.1 Å². The summed E-state index contributed by atoms with van der Waals surface area (Å²) in [5.41, 5.74) is -0.354. The molecule has 5 aromatic carbocycles. The predicted molar refractivity (Wildman–Crippen MR) is 169 cm³/mol. The van der Waals surface area contributed by atoms with Gasteiger partial charge in [-0.15, -0.1) is 0 Å². The first kappa shape index (κ1) is 29.7. The van der Waals surface area contributed by atoms with Crippen LogP contribution in [0.25, 0.3) is 10.8 Å². The molecule has 0 fully saturated rings. The van der Waals surface area contributed by atoms with E-state index in [-0.39, 0.29) is 13.2 Å². The smallest absolute Gasteiger partial charge is 0.136 e. The molecule has 0 spiro atoms. The first-order valence-corrected chi connectivity index (χ1v) is 14.3. The molecule has 0 saturated carbocycles. The lowest BCUT2D eigenvalue weighted by Gasteiger charge is -2.44. The second-order valence-electron chi connectivity index (χ2n) is 10.7. The zero-order valence-electron chi connectivity index (χ0n) is 23.6. The Labute approximate surface area is 252 Å². The van der Waals surface area contributed by atoms with Crippen molar-refractivity contribution >= 4 is 22.4 Å². The van der Waals surface area contributed by atoms with Crippen molar-refractivity contribution in [1.29, 1.82) is 0 Å². The Kier molecular flexibility index (Phi) is 9.22. The van der Waals surface area contributed by atoms with Crippen LogP contribution in [0.2, 0.25) is 5.02 Å². The van der Waals surface area contributed by atoms with Gasteiger partial charge in [0.25, 0.3) is 0 Å². The summed E-state index contributed by atoms with van der Waals surface area (Å²) in [6.07, 6.45) is -0.677. The Hall–Kier alpha value is -3.77. The molecule has 2 N–H and O–H groups in total. The highest BCUT2D eigenvalue weighted by Crippen LogP contribution is 2.40. The fraction of sp³-hybridized carbons (Fsp3) is 0.189. The molecular weight excluding hydrogens is 544 g/mol. The van der Waals surface area contributed by atoms with Crippen LogP contribution in [0.5, 0.6) is 0 Å². The van der Waals surface area contributed by atoms with E-state index >= 15 is 0 Å². The summed E-state index contributed by atoms with van der Waals surface area (Å²) in [4.78, 5) is 0. The topological polar surface area (TPSA) is 58.9 Å². The van der Waals surface area contributed by atoms with Crippen LogP contribution in [0.1, 0.15) is 29.2 Å². The molecule has 4 nitrogen and oxygen atoms in total. The Morgan fingerprint density at radius 3 is 1.74 bits per heavy atom. The maximum atomic E-state index is 12.4. The van der Waals surface area contributed by atoms with Crippen molar-refractivity contribution in [3.63, 3.8) is 0 Å². The fourth-order valence-corrected chi connectivity index (χ4v) is 5.42. The summed E-state index contributed by atoms with van der Waals surface area (Å²) in [5.74, 6) is 0. The second-order valence-corrected chi connectivity index (χ2v) is 11.1. The molecule has 0 heterocycles. The number of hydrogen-bond donors (Lipinski definition) is 2. The van der Waals surface area contributed by atoms with Crippen LogP contribution in [-0.4, -0.2) is 22.4 Å². The first-order chi connectivity index (χ1) is 20.3. The van der Waals surface area contributed by atoms with E-state index < -0.39 is 23.4 Å². The third-order valence-electron chi connectivity index (χ3n) is 7.76. The molecule has 5 aromatic rings. The highest BCUT2D eigenvalue weighted by atomic mass is 35.5. The van der Waals surface area contributed by atoms with Gasteiger partial charge in [0.1, 0.15) is 23.4 Å². The Morgan fingerprint density at radius 2 is 1.17 bits per heavy atom. The van der Waals surface area contributed by atoms with Crippen LogP contribution in [0, 0.1) is 0 Å². The highest BCUT2D eigenvalue weighted by molar-refractivity contribution is 6.30. The Balaban J connectivity index is 1.63. The summed E-state index contributed by atoms with van der Waals surface area (Å²) in [6, 6.07) is 40.1. The van der Waals surface area contributed by atoms with Gasteiger partial charge in [-0.05, 0) is 58.1 Å². The summed E-state index contributed by atoms with van der Waals surface area (Å²) in [6.45, 7) is 6.07. The maximum Gasteiger partial charge on any atom is 0.136 e. The number of halogens is 1. The van der Waals surface area contributed by atoms with Crippen LogP contribution < -0.4 is 0 Å². The molecule has 42 heavy (non-hydrogen) atoms. The van der Waals surface area contributed by atoms with Gasteiger partial charge >= 0.3 is 0 Å². The van der Waals surface area contributed by atoms with Crippen LogP contribution in [0.4, 0.5) is 0 Å². The normalized spacial score (nSPS) is 15.8. The number of fused-ring (bicyclic) bond motifs is 1. The van der Waals surface area contributed by atoms with Gasteiger partial charge in [0.15, 0.2) is 0 Å². The van der Waals surface area contributed by atoms with E-state index in [1.807, 2.05) is 103 Å². The van der Waals surface area contributed by atoms with Crippen LogP contribution in [0.15, 0.2) is 140 Å². The summed E-state index contributed by atoms with van der Waals surface area (Å²) in [7, 11) is 0. The predicted octanol–water partition coefficient (Wildman–Crippen LogP) is 7.95. The number of aliphatic hydroxyl groups is 2. The molecule has 0 saturated heterocycles. The molecule has 0 aliphatic carbocycles. The van der Waals surface area contributed by atoms with E-state index in [9.17, 15) is 10.2 Å². The standard InChI is InChI=1S/C37H35ClO4/c1-3-37(40,31-20-22-33(38)23-21-31)35(42-26-28-14-8-5-9-15-28)34(41-25-27-12-6-4-7-13-27)36(2,39)32-19-18-29-16-10-11-17-30(29)24-32/h3-24,34-35,39-40H,1,25-26H2,2H3/t34-,35-,36+,37+/m1/s1. The molecule has 0 aliphatic rings. The minimum absolute atomic E-state index is 0.175. The van der Waals surface area contributed by atoms with Gasteiger partial charge in [-0.25, -0.2) is 0 Å². The molecule has 5 heteroatoms. The van der Waals surface area contributed by atoms with Gasteiger partial charge < -0.3 is 19.7 Å². The first-order valence-electron chi connectivity index (χ1n) is 14.0. The molecule has 0 bridgehead atoms. The lowest BCUT2D eigenvalue weighted by molar-refractivity contribution is -0.218. The number of ether oxygens (including phenoxy) is 2. The van der Waals surface area contributed by atoms with Crippen LogP contribution >= 0.6 is 11.6 Å². The van der Waals surface area contributed by atoms with Crippen LogP contribution in [0.3, 0.4) is 0 Å². The van der Waals surface area contributed by atoms with E-state index in [0.29, 0.717) is 16.1 Å². The van der Waals surface area contributed by atoms with Crippen molar-refractivity contribution < 1.29 is 19.7 Å². The van der Waals surface area contributed by atoms with Crippen molar-refractivity contribution in [3.05, 3.63) is 167 Å². The molecule has 214 valence electrons. The molecule has 5 rings (SSSR count). The fourth-order valence-electron chi connectivity index (χ4n) is 5.29. The lowest BCUT2D eigenvalue weighted by atomic mass is 9.77. The largest absolute Gasteiger partial charge is 0.383 e. The van der Waals surface area contributed by atoms with Crippen molar-refractivity contribution in [2.45, 2.75) is 43.5 Å². The van der Waals surface area contributed by atoms with E-state index in [0.717, 1.165) is 21.9 Å². The molecule has 0 aliphatic heterocycles. The monoisotopic (exact) mass is 578 g/mol. The van der Waals surface area contributed by atoms with Crippen molar-refractivity contribution in [2.24, 2.45) is 0 Å². The van der Waals surface area contributed by atoms with Gasteiger partial charge in [0.2, 0.25) is 0 Å². The molecule has 0 aromatic heterocycles. The van der Waals surface area contributed by atoms with E-state index in [2.05, 4.69) is 6.58 Å². The van der Waals surface area contributed by atoms with Crippen molar-refractivity contribution in [1.82, 2.24) is 0 Å². The third-order valence-corrected chi connectivity index (χ3v) is 8.01. The van der Waals surface area contributed by atoms with Crippen molar-refractivity contribution in [3.8, 4) is 0 Å². The summed E-state index contributed by atoms with van der Waals surface area (Å²) >= 11 is 6.20. The molecule has 0 unspecified atom stereocenters.